The van der Waals surface area contributed by atoms with Crippen molar-refractivity contribution in [1.82, 2.24) is 0 Å². The summed E-state index contributed by atoms with van der Waals surface area (Å²) < 4.78 is 67.5. The van der Waals surface area contributed by atoms with Crippen LogP contribution in [0, 0.1) is 0 Å². The summed E-state index contributed by atoms with van der Waals surface area (Å²) in [5, 5.41) is 0. The molecule has 0 aliphatic carbocycles. The molecule has 0 bridgehead atoms. The molecule has 2 aliphatic heterocycles. The molecule has 0 saturated carbocycles. The van der Waals surface area contributed by atoms with E-state index in [2.05, 4.69) is 18.0 Å². The lowest BCUT2D eigenvalue weighted by atomic mass is 9.99. The summed E-state index contributed by atoms with van der Waals surface area (Å²) in [6, 6.07) is 9.23. The predicted molar refractivity (Wildman–Crippen MR) is 133 cm³/mol. The van der Waals surface area contributed by atoms with Crippen LogP contribution in [0.3, 0.4) is 0 Å². The number of fused-ring (bicyclic) bond motifs is 2. The van der Waals surface area contributed by atoms with Gasteiger partial charge in [0.05, 0.1) is 7.11 Å². The van der Waals surface area contributed by atoms with E-state index in [1.54, 1.807) is 18.9 Å². The Labute approximate surface area is 216 Å². The number of Topliss-reactive ketones (excluding diaryl/α,β-unsaturated/α-hetero) is 2. The van der Waals surface area contributed by atoms with Crippen LogP contribution in [0.25, 0.3) is 0 Å². The van der Waals surface area contributed by atoms with Crippen molar-refractivity contribution in [3.63, 3.8) is 0 Å². The number of methoxy groups -OCH3 is 1. The van der Waals surface area contributed by atoms with Gasteiger partial charge in [0.2, 0.25) is 0 Å². The lowest BCUT2D eigenvalue weighted by Gasteiger charge is -2.29. The molecule has 0 saturated heterocycles. The van der Waals surface area contributed by atoms with Crippen molar-refractivity contribution < 1.29 is 40.1 Å². The van der Waals surface area contributed by atoms with Crippen LogP contribution in [0.4, 0.5) is 13.2 Å². The van der Waals surface area contributed by atoms with Crippen LogP contribution in [0.1, 0.15) is 61.3 Å². The van der Waals surface area contributed by atoms with Crippen molar-refractivity contribution in [2.45, 2.75) is 65.3 Å². The van der Waals surface area contributed by atoms with Crippen molar-refractivity contribution >= 4 is 45.2 Å². The van der Waals surface area contributed by atoms with Crippen LogP contribution in [0.5, 0.6) is 11.5 Å². The third-order valence-electron chi connectivity index (χ3n) is 5.17. The van der Waals surface area contributed by atoms with Gasteiger partial charge in [-0.05, 0) is 64.1 Å². The number of thioether (sulfide) groups is 2. The Kier molecular flexibility index (Phi) is 7.84. The molecule has 0 amide bonds. The number of ether oxygens (including phenoxy) is 1. The van der Waals surface area contributed by atoms with E-state index >= 15 is 0 Å². The maximum Gasteiger partial charge on any atom is 0.534 e. The van der Waals surface area contributed by atoms with Gasteiger partial charge in [-0.3, -0.25) is 9.59 Å². The Morgan fingerprint density at radius 3 is 1.64 bits per heavy atom. The average molecular weight is 563 g/mol. The minimum Gasteiger partial charge on any atom is -0.497 e. The molecule has 2 heterocycles. The Balaban J connectivity index is 0.000000212. The minimum absolute atomic E-state index is 0.0126. The van der Waals surface area contributed by atoms with Gasteiger partial charge < -0.3 is 8.92 Å². The first-order valence-electron chi connectivity index (χ1n) is 10.7. The highest BCUT2D eigenvalue weighted by atomic mass is 32.2. The molecule has 12 heteroatoms. The highest BCUT2D eigenvalue weighted by molar-refractivity contribution is 8.01. The fraction of sp³-hybridized carbons (Fsp3) is 0.417. The molecular weight excluding hydrogens is 537 g/mol. The van der Waals surface area contributed by atoms with Crippen molar-refractivity contribution in [2.75, 3.05) is 7.11 Å². The van der Waals surface area contributed by atoms with Crippen LogP contribution < -0.4 is 8.92 Å². The molecule has 0 spiro atoms. The zero-order valence-corrected chi connectivity index (χ0v) is 22.6. The first-order valence-corrected chi connectivity index (χ1v) is 13.7. The second-order valence-corrected chi connectivity index (χ2v) is 14.5. The van der Waals surface area contributed by atoms with E-state index in [9.17, 15) is 31.2 Å². The highest BCUT2D eigenvalue weighted by Crippen LogP contribution is 2.44. The number of alkyl halides is 3. The zero-order valence-electron chi connectivity index (χ0n) is 20.2. The van der Waals surface area contributed by atoms with Crippen molar-refractivity contribution in [3.05, 3.63) is 47.5 Å². The van der Waals surface area contributed by atoms with Gasteiger partial charge in [-0.15, -0.1) is 23.5 Å². The third-order valence-corrected chi connectivity index (χ3v) is 8.70. The summed E-state index contributed by atoms with van der Waals surface area (Å²) in [7, 11) is -4.12. The number of hydrogen-bond donors (Lipinski definition) is 0. The van der Waals surface area contributed by atoms with E-state index in [1.807, 2.05) is 32.0 Å². The second-order valence-electron chi connectivity index (χ2n) is 9.43. The molecule has 2 aliphatic rings. The van der Waals surface area contributed by atoms with Crippen LogP contribution >= 0.6 is 23.5 Å². The molecule has 0 atom stereocenters. The van der Waals surface area contributed by atoms with Crippen LogP contribution in [-0.2, 0) is 10.1 Å². The summed E-state index contributed by atoms with van der Waals surface area (Å²) in [4.78, 5) is 25.5. The third kappa shape index (κ3) is 6.57. The van der Waals surface area contributed by atoms with Crippen LogP contribution in [0.15, 0.2) is 46.2 Å². The van der Waals surface area contributed by atoms with Gasteiger partial charge in [-0.1, -0.05) is 0 Å². The minimum atomic E-state index is -5.74. The van der Waals surface area contributed by atoms with E-state index < -0.39 is 21.4 Å². The maximum absolute atomic E-state index is 12.3. The van der Waals surface area contributed by atoms with Gasteiger partial charge in [0.15, 0.2) is 11.6 Å². The molecule has 2 aromatic rings. The van der Waals surface area contributed by atoms with E-state index in [0.717, 1.165) is 28.3 Å². The fourth-order valence-corrected chi connectivity index (χ4v) is 6.50. The normalized spacial score (nSPS) is 18.3. The molecule has 196 valence electrons. The fourth-order valence-electron chi connectivity index (χ4n) is 3.62. The average Bonchev–Trinajstić information content (AvgIpc) is 2.72. The molecular formula is C24H25F3O6S3. The Bertz CT molecular complexity index is 1300. The largest absolute Gasteiger partial charge is 0.534 e. The van der Waals surface area contributed by atoms with E-state index in [-0.39, 0.29) is 33.0 Å². The Morgan fingerprint density at radius 2 is 1.22 bits per heavy atom. The molecule has 36 heavy (non-hydrogen) atoms. The number of carbonyl (C=O) groups excluding carboxylic acids is 2. The van der Waals surface area contributed by atoms with Gasteiger partial charge in [0, 0.05) is 43.3 Å². The summed E-state index contributed by atoms with van der Waals surface area (Å²) in [5.41, 5.74) is -4.53. The molecule has 4 rings (SSSR count). The van der Waals surface area contributed by atoms with E-state index in [1.165, 1.54) is 17.8 Å². The Morgan fingerprint density at radius 1 is 0.806 bits per heavy atom. The van der Waals surface area contributed by atoms with Gasteiger partial charge in [0.25, 0.3) is 0 Å². The number of hydrogen-bond acceptors (Lipinski definition) is 8. The molecule has 0 fully saturated rings. The SMILES string of the molecule is CC1(C)CC(=O)c2cc(OS(=O)(=O)C(F)(F)F)ccc2S1.COc1ccc2c(c1)C(=O)CC(C)(C)S2. The monoisotopic (exact) mass is 562 g/mol. The smallest absolute Gasteiger partial charge is 0.497 e. The number of halogens is 3. The first kappa shape index (κ1) is 28.4. The second kappa shape index (κ2) is 9.94. The molecule has 0 N–H and O–H groups in total. The van der Waals surface area contributed by atoms with E-state index in [0.29, 0.717) is 11.3 Å². The number of carbonyl (C=O) groups is 2. The van der Waals surface area contributed by atoms with Gasteiger partial charge in [-0.25, -0.2) is 0 Å². The highest BCUT2D eigenvalue weighted by Gasteiger charge is 2.48. The standard InChI is InChI=1S/C12H11F3O4S2.C12H14O2S/c1-11(2)6-9(16)8-5-7(3-4-10(8)20-11)19-21(17,18)12(13,14)15;1-12(2)7-10(13)9-6-8(14-3)4-5-11(9)15-12/h3-5H,6H2,1-2H3;4-6H,7H2,1-3H3. The maximum atomic E-state index is 12.3. The molecule has 2 aromatic carbocycles. The van der Waals surface area contributed by atoms with Gasteiger partial charge in [-0.2, -0.15) is 21.6 Å². The number of benzene rings is 2. The van der Waals surface area contributed by atoms with Crippen LogP contribution in [-0.4, -0.2) is 42.1 Å². The number of ketones is 2. The first-order chi connectivity index (χ1) is 16.4. The van der Waals surface area contributed by atoms with Gasteiger partial charge >= 0.3 is 15.6 Å². The van der Waals surface area contributed by atoms with Crippen molar-refractivity contribution in [3.8, 4) is 11.5 Å². The summed E-state index contributed by atoms with van der Waals surface area (Å²) in [6.07, 6.45) is 0.804. The molecule has 0 unspecified atom stereocenters. The summed E-state index contributed by atoms with van der Waals surface area (Å²) in [5.74, 6) is 0.179. The van der Waals surface area contributed by atoms with Crippen molar-refractivity contribution in [1.29, 1.82) is 0 Å². The lowest BCUT2D eigenvalue weighted by Crippen LogP contribution is -2.28. The Hall–Kier alpha value is -2.18. The lowest BCUT2D eigenvalue weighted by molar-refractivity contribution is -0.0500. The zero-order chi connectivity index (χ0) is 27.1. The molecule has 6 nitrogen and oxygen atoms in total. The number of rotatable bonds is 3. The quantitative estimate of drug-likeness (QED) is 0.309. The van der Waals surface area contributed by atoms with Gasteiger partial charge in [0.1, 0.15) is 11.5 Å². The molecule has 0 radical (unpaired) electrons. The summed E-state index contributed by atoms with van der Waals surface area (Å²) in [6.45, 7) is 7.94. The summed E-state index contributed by atoms with van der Waals surface area (Å²) >= 11 is 3.16. The predicted octanol–water partition coefficient (Wildman–Crippen LogP) is 6.52. The van der Waals surface area contributed by atoms with Crippen molar-refractivity contribution in [2.24, 2.45) is 0 Å². The van der Waals surface area contributed by atoms with Crippen LogP contribution in [0.2, 0.25) is 0 Å². The molecule has 0 aromatic heterocycles. The van der Waals surface area contributed by atoms with E-state index in [4.69, 9.17) is 4.74 Å². The topological polar surface area (TPSA) is 86.7 Å².